The smallest absolute Gasteiger partial charge is 0.256 e. The standard InChI is InChI=1S/C24H30N4O2/c1-19-23(21-9-3-4-10-22(21)28(19)16-17-30-2)24(29)27-13-7-12-26(14-15-27)18-20-8-5-6-11-25-20/h3-6,8-11H,7,12-18H2,1-2H3. The Balaban J connectivity index is 1.53. The van der Waals surface area contributed by atoms with E-state index in [0.717, 1.165) is 73.5 Å². The largest absolute Gasteiger partial charge is 0.383 e. The van der Waals surface area contributed by atoms with Gasteiger partial charge in [-0.05, 0) is 31.5 Å². The van der Waals surface area contributed by atoms with Crippen molar-refractivity contribution in [3.8, 4) is 0 Å². The van der Waals surface area contributed by atoms with E-state index in [1.165, 1.54) is 0 Å². The van der Waals surface area contributed by atoms with E-state index in [2.05, 4.69) is 32.7 Å². The highest BCUT2D eigenvalue weighted by Gasteiger charge is 2.26. The summed E-state index contributed by atoms with van der Waals surface area (Å²) in [5.74, 6) is 0.138. The molecule has 1 fully saturated rings. The van der Waals surface area contributed by atoms with Crippen molar-refractivity contribution in [1.29, 1.82) is 0 Å². The summed E-state index contributed by atoms with van der Waals surface area (Å²) in [4.78, 5) is 22.4. The third-order valence-electron chi connectivity index (χ3n) is 5.95. The highest BCUT2D eigenvalue weighted by atomic mass is 16.5. The topological polar surface area (TPSA) is 50.6 Å². The van der Waals surface area contributed by atoms with Crippen LogP contribution in [-0.2, 0) is 17.8 Å². The monoisotopic (exact) mass is 406 g/mol. The Kier molecular flexibility index (Phi) is 6.45. The molecule has 0 unspecified atom stereocenters. The molecule has 3 aromatic rings. The van der Waals surface area contributed by atoms with Crippen LogP contribution >= 0.6 is 0 Å². The van der Waals surface area contributed by atoms with E-state index < -0.39 is 0 Å². The quantitative estimate of drug-likeness (QED) is 0.630. The van der Waals surface area contributed by atoms with Crippen molar-refractivity contribution in [3.63, 3.8) is 0 Å². The second-order valence-electron chi connectivity index (χ2n) is 7.86. The van der Waals surface area contributed by atoms with Crippen LogP contribution in [0.5, 0.6) is 0 Å². The molecule has 0 spiro atoms. The number of nitrogens with zero attached hydrogens (tertiary/aromatic N) is 4. The number of hydrogen-bond donors (Lipinski definition) is 0. The first kappa shape index (κ1) is 20.6. The van der Waals surface area contributed by atoms with Gasteiger partial charge in [0.15, 0.2) is 0 Å². The molecule has 1 aliphatic rings. The molecular weight excluding hydrogens is 376 g/mol. The highest BCUT2D eigenvalue weighted by molar-refractivity contribution is 6.08. The van der Waals surface area contributed by atoms with Crippen LogP contribution in [0.15, 0.2) is 48.7 Å². The minimum atomic E-state index is 0.138. The number of aromatic nitrogens is 2. The van der Waals surface area contributed by atoms with Gasteiger partial charge in [0, 0.05) is 69.2 Å². The van der Waals surface area contributed by atoms with E-state index in [1.807, 2.05) is 42.3 Å². The molecule has 1 aromatic carbocycles. The van der Waals surface area contributed by atoms with Gasteiger partial charge in [-0.25, -0.2) is 0 Å². The summed E-state index contributed by atoms with van der Waals surface area (Å²) in [6.07, 6.45) is 2.81. The molecule has 0 aliphatic carbocycles. The van der Waals surface area contributed by atoms with Gasteiger partial charge in [0.25, 0.3) is 5.91 Å². The van der Waals surface area contributed by atoms with Crippen LogP contribution in [0.4, 0.5) is 0 Å². The molecule has 1 amide bonds. The number of carbonyl (C=O) groups is 1. The van der Waals surface area contributed by atoms with Crippen LogP contribution in [0.25, 0.3) is 10.9 Å². The molecule has 0 saturated carbocycles. The van der Waals surface area contributed by atoms with Crippen molar-refractivity contribution in [1.82, 2.24) is 19.4 Å². The average molecular weight is 407 g/mol. The maximum Gasteiger partial charge on any atom is 0.256 e. The first-order valence-electron chi connectivity index (χ1n) is 10.7. The predicted molar refractivity (Wildman–Crippen MR) is 119 cm³/mol. The van der Waals surface area contributed by atoms with E-state index in [1.54, 1.807) is 7.11 Å². The van der Waals surface area contributed by atoms with Crippen LogP contribution in [0.3, 0.4) is 0 Å². The molecule has 2 aromatic heterocycles. The maximum absolute atomic E-state index is 13.6. The van der Waals surface area contributed by atoms with Gasteiger partial charge in [-0.3, -0.25) is 14.7 Å². The maximum atomic E-state index is 13.6. The van der Waals surface area contributed by atoms with Crippen molar-refractivity contribution in [2.75, 3.05) is 39.9 Å². The number of fused-ring (bicyclic) bond motifs is 1. The zero-order chi connectivity index (χ0) is 20.9. The van der Waals surface area contributed by atoms with Crippen LogP contribution in [0.1, 0.15) is 28.2 Å². The second-order valence-corrected chi connectivity index (χ2v) is 7.86. The predicted octanol–water partition coefficient (Wildman–Crippen LogP) is 3.34. The van der Waals surface area contributed by atoms with Gasteiger partial charge >= 0.3 is 0 Å². The van der Waals surface area contributed by atoms with Crippen LogP contribution < -0.4 is 0 Å². The van der Waals surface area contributed by atoms with Gasteiger partial charge in [0.1, 0.15) is 0 Å². The fourth-order valence-electron chi connectivity index (χ4n) is 4.38. The first-order valence-corrected chi connectivity index (χ1v) is 10.7. The summed E-state index contributed by atoms with van der Waals surface area (Å²) in [6, 6.07) is 14.2. The minimum absolute atomic E-state index is 0.138. The van der Waals surface area contributed by atoms with Gasteiger partial charge in [0.2, 0.25) is 0 Å². The van der Waals surface area contributed by atoms with E-state index in [0.29, 0.717) is 6.61 Å². The van der Waals surface area contributed by atoms with Crippen molar-refractivity contribution < 1.29 is 9.53 Å². The van der Waals surface area contributed by atoms with Gasteiger partial charge in [0.05, 0.1) is 17.9 Å². The Morgan fingerprint density at radius 2 is 1.90 bits per heavy atom. The minimum Gasteiger partial charge on any atom is -0.383 e. The number of pyridine rings is 1. The average Bonchev–Trinajstić information content (AvgIpc) is 2.90. The fraction of sp³-hybridized carbons (Fsp3) is 0.417. The molecule has 6 heteroatoms. The number of carbonyl (C=O) groups excluding carboxylic acids is 1. The van der Waals surface area contributed by atoms with Crippen molar-refractivity contribution in [2.24, 2.45) is 0 Å². The number of benzene rings is 1. The summed E-state index contributed by atoms with van der Waals surface area (Å²) in [7, 11) is 1.71. The lowest BCUT2D eigenvalue weighted by Gasteiger charge is -2.22. The first-order chi connectivity index (χ1) is 14.7. The Hall–Kier alpha value is -2.70. The third-order valence-corrected chi connectivity index (χ3v) is 5.95. The van der Waals surface area contributed by atoms with Crippen LogP contribution in [0.2, 0.25) is 0 Å². The van der Waals surface area contributed by atoms with Gasteiger partial charge in [-0.15, -0.1) is 0 Å². The molecule has 30 heavy (non-hydrogen) atoms. The molecule has 3 heterocycles. The van der Waals surface area contributed by atoms with Gasteiger partial charge in [-0.1, -0.05) is 24.3 Å². The second kappa shape index (κ2) is 9.41. The summed E-state index contributed by atoms with van der Waals surface area (Å²) < 4.78 is 7.49. The molecule has 0 N–H and O–H groups in total. The number of rotatable bonds is 6. The molecular formula is C24H30N4O2. The molecule has 6 nitrogen and oxygen atoms in total. The van der Waals surface area contributed by atoms with Gasteiger partial charge < -0.3 is 14.2 Å². The Morgan fingerprint density at radius 3 is 2.70 bits per heavy atom. The number of para-hydroxylation sites is 1. The van der Waals surface area contributed by atoms with E-state index in [9.17, 15) is 4.79 Å². The zero-order valence-electron chi connectivity index (χ0n) is 17.9. The molecule has 0 radical (unpaired) electrons. The third kappa shape index (κ3) is 4.25. The molecule has 0 bridgehead atoms. The fourth-order valence-corrected chi connectivity index (χ4v) is 4.38. The highest BCUT2D eigenvalue weighted by Crippen LogP contribution is 2.27. The van der Waals surface area contributed by atoms with E-state index in [-0.39, 0.29) is 5.91 Å². The van der Waals surface area contributed by atoms with E-state index >= 15 is 0 Å². The SMILES string of the molecule is COCCn1c(C)c(C(=O)N2CCCN(Cc3ccccn3)CC2)c2ccccc21. The molecule has 158 valence electrons. The summed E-state index contributed by atoms with van der Waals surface area (Å²) in [6.45, 7) is 7.62. The Morgan fingerprint density at radius 1 is 1.07 bits per heavy atom. The van der Waals surface area contributed by atoms with Crippen molar-refractivity contribution in [2.45, 2.75) is 26.4 Å². The van der Waals surface area contributed by atoms with Crippen LogP contribution in [-0.4, -0.2) is 65.2 Å². The lowest BCUT2D eigenvalue weighted by molar-refractivity contribution is 0.0761. The van der Waals surface area contributed by atoms with E-state index in [4.69, 9.17) is 4.74 Å². The summed E-state index contributed by atoms with van der Waals surface area (Å²) in [5.41, 5.74) is 4.03. The number of hydrogen-bond acceptors (Lipinski definition) is 4. The number of ether oxygens (including phenoxy) is 1. The summed E-state index contributed by atoms with van der Waals surface area (Å²) in [5, 5.41) is 1.03. The zero-order valence-corrected chi connectivity index (χ0v) is 17.9. The lowest BCUT2D eigenvalue weighted by atomic mass is 10.1. The summed E-state index contributed by atoms with van der Waals surface area (Å²) >= 11 is 0. The normalized spacial score (nSPS) is 15.5. The Bertz CT molecular complexity index is 999. The number of methoxy groups -OCH3 is 1. The molecule has 4 rings (SSSR count). The van der Waals surface area contributed by atoms with Crippen molar-refractivity contribution in [3.05, 3.63) is 65.6 Å². The van der Waals surface area contributed by atoms with Crippen LogP contribution in [0, 0.1) is 6.92 Å². The Labute approximate surface area is 178 Å². The van der Waals surface area contributed by atoms with Gasteiger partial charge in [-0.2, -0.15) is 0 Å². The lowest BCUT2D eigenvalue weighted by Crippen LogP contribution is -2.35. The number of amides is 1. The molecule has 1 aliphatic heterocycles. The van der Waals surface area contributed by atoms with Crippen molar-refractivity contribution >= 4 is 16.8 Å². The molecule has 0 atom stereocenters. The molecule has 1 saturated heterocycles.